The molecule has 0 saturated heterocycles. The zero-order valence-corrected chi connectivity index (χ0v) is 8.96. The molecular formula is C10H19N3. The number of anilines is 1. The van der Waals surface area contributed by atoms with Gasteiger partial charge in [-0.05, 0) is 20.3 Å². The first-order valence-electron chi connectivity index (χ1n) is 4.94. The Kier molecular flexibility index (Phi) is 2.96. The summed E-state index contributed by atoms with van der Waals surface area (Å²) in [6.07, 6.45) is 1.09. The van der Waals surface area contributed by atoms with Gasteiger partial charge in [-0.25, -0.2) is 4.98 Å². The molecule has 74 valence electrons. The van der Waals surface area contributed by atoms with E-state index in [1.165, 1.54) is 0 Å². The molecule has 1 aromatic rings. The standard InChI is InChI=1S/C10H19N3/c1-5-7(3)9-10(11)13(6-2)8(4)12-9/h7H,5-6,11H2,1-4H3. The molecule has 1 unspecified atom stereocenters. The maximum absolute atomic E-state index is 5.99. The lowest BCUT2D eigenvalue weighted by molar-refractivity contribution is 0.713. The molecule has 2 N–H and O–H groups in total. The van der Waals surface area contributed by atoms with Crippen LogP contribution in [0.5, 0.6) is 0 Å². The van der Waals surface area contributed by atoms with Crippen LogP contribution in [-0.2, 0) is 6.54 Å². The van der Waals surface area contributed by atoms with Gasteiger partial charge in [0.15, 0.2) is 0 Å². The first kappa shape index (κ1) is 10.1. The van der Waals surface area contributed by atoms with E-state index in [1.54, 1.807) is 0 Å². The van der Waals surface area contributed by atoms with E-state index in [2.05, 4.69) is 30.3 Å². The number of hydrogen-bond acceptors (Lipinski definition) is 2. The molecule has 0 saturated carbocycles. The molecule has 0 aliphatic rings. The van der Waals surface area contributed by atoms with E-state index >= 15 is 0 Å². The summed E-state index contributed by atoms with van der Waals surface area (Å²) in [5, 5.41) is 0. The van der Waals surface area contributed by atoms with Gasteiger partial charge in [-0.2, -0.15) is 0 Å². The van der Waals surface area contributed by atoms with E-state index in [-0.39, 0.29) is 0 Å². The second-order valence-electron chi connectivity index (χ2n) is 3.48. The molecule has 0 fully saturated rings. The molecular weight excluding hydrogens is 162 g/mol. The Morgan fingerprint density at radius 3 is 2.46 bits per heavy atom. The van der Waals surface area contributed by atoms with Crippen LogP contribution in [0.4, 0.5) is 5.82 Å². The van der Waals surface area contributed by atoms with Gasteiger partial charge >= 0.3 is 0 Å². The fraction of sp³-hybridized carbons (Fsp3) is 0.700. The third-order valence-corrected chi connectivity index (χ3v) is 2.62. The van der Waals surface area contributed by atoms with E-state index in [9.17, 15) is 0 Å². The molecule has 0 aliphatic carbocycles. The average Bonchev–Trinajstić information content (AvgIpc) is 2.40. The quantitative estimate of drug-likeness (QED) is 0.777. The number of imidazole rings is 1. The first-order chi connectivity index (χ1) is 6.11. The summed E-state index contributed by atoms with van der Waals surface area (Å²) in [4.78, 5) is 4.49. The maximum atomic E-state index is 5.99. The SMILES string of the molecule is CCC(C)c1nc(C)n(CC)c1N. The van der Waals surface area contributed by atoms with Crippen LogP contribution >= 0.6 is 0 Å². The van der Waals surface area contributed by atoms with Gasteiger partial charge in [-0.15, -0.1) is 0 Å². The van der Waals surface area contributed by atoms with E-state index in [0.717, 1.165) is 30.3 Å². The predicted octanol–water partition coefficient (Wildman–Crippen LogP) is 2.31. The van der Waals surface area contributed by atoms with Crippen molar-refractivity contribution in [3.05, 3.63) is 11.5 Å². The molecule has 1 aromatic heterocycles. The number of rotatable bonds is 3. The van der Waals surface area contributed by atoms with Gasteiger partial charge in [-0.1, -0.05) is 13.8 Å². The van der Waals surface area contributed by atoms with Crippen LogP contribution in [0, 0.1) is 6.92 Å². The Labute approximate surface area is 80.0 Å². The lowest BCUT2D eigenvalue weighted by Crippen LogP contribution is -2.04. The third kappa shape index (κ3) is 1.69. The normalized spacial score (nSPS) is 13.2. The van der Waals surface area contributed by atoms with Crippen molar-refractivity contribution in [3.63, 3.8) is 0 Å². The van der Waals surface area contributed by atoms with E-state index in [4.69, 9.17) is 5.73 Å². The minimum Gasteiger partial charge on any atom is -0.384 e. The highest BCUT2D eigenvalue weighted by molar-refractivity contribution is 5.40. The highest BCUT2D eigenvalue weighted by Gasteiger charge is 2.14. The zero-order valence-electron chi connectivity index (χ0n) is 8.96. The zero-order chi connectivity index (χ0) is 10.0. The highest BCUT2D eigenvalue weighted by atomic mass is 15.1. The first-order valence-corrected chi connectivity index (χ1v) is 4.94. The van der Waals surface area contributed by atoms with Crippen LogP contribution in [0.2, 0.25) is 0 Å². The van der Waals surface area contributed by atoms with Gasteiger partial charge in [0.1, 0.15) is 11.6 Å². The lowest BCUT2D eigenvalue weighted by Gasteiger charge is -2.07. The molecule has 1 atom stereocenters. The largest absolute Gasteiger partial charge is 0.384 e. The van der Waals surface area contributed by atoms with Gasteiger partial charge in [0.2, 0.25) is 0 Å². The number of nitrogen functional groups attached to an aromatic ring is 1. The smallest absolute Gasteiger partial charge is 0.127 e. The Bertz CT molecular complexity index is 289. The maximum Gasteiger partial charge on any atom is 0.127 e. The predicted molar refractivity (Wildman–Crippen MR) is 55.8 cm³/mol. The summed E-state index contributed by atoms with van der Waals surface area (Å²) in [6, 6.07) is 0. The molecule has 13 heavy (non-hydrogen) atoms. The molecule has 3 heteroatoms. The van der Waals surface area contributed by atoms with Crippen LogP contribution in [-0.4, -0.2) is 9.55 Å². The van der Waals surface area contributed by atoms with Crippen LogP contribution in [0.15, 0.2) is 0 Å². The highest BCUT2D eigenvalue weighted by Crippen LogP contribution is 2.24. The minimum absolute atomic E-state index is 0.464. The van der Waals surface area contributed by atoms with Crippen LogP contribution in [0.25, 0.3) is 0 Å². The minimum atomic E-state index is 0.464. The number of nitrogens with two attached hydrogens (primary N) is 1. The molecule has 0 aliphatic heterocycles. The van der Waals surface area contributed by atoms with Gasteiger partial charge < -0.3 is 10.3 Å². The molecule has 0 radical (unpaired) electrons. The molecule has 3 nitrogen and oxygen atoms in total. The van der Waals surface area contributed by atoms with Crippen molar-refractivity contribution < 1.29 is 0 Å². The Morgan fingerprint density at radius 1 is 1.46 bits per heavy atom. The topological polar surface area (TPSA) is 43.8 Å². The van der Waals surface area contributed by atoms with Crippen molar-refractivity contribution in [1.82, 2.24) is 9.55 Å². The summed E-state index contributed by atoms with van der Waals surface area (Å²) < 4.78 is 2.06. The summed E-state index contributed by atoms with van der Waals surface area (Å²) in [7, 11) is 0. The number of nitrogens with zero attached hydrogens (tertiary/aromatic N) is 2. The molecule has 0 bridgehead atoms. The molecule has 1 heterocycles. The second kappa shape index (κ2) is 3.81. The van der Waals surface area contributed by atoms with Crippen molar-refractivity contribution in [1.29, 1.82) is 0 Å². The summed E-state index contributed by atoms with van der Waals surface area (Å²) in [5.74, 6) is 2.33. The number of aryl methyl sites for hydroxylation is 1. The van der Waals surface area contributed by atoms with Crippen molar-refractivity contribution in [2.45, 2.75) is 46.6 Å². The molecule has 0 aromatic carbocycles. The van der Waals surface area contributed by atoms with Gasteiger partial charge in [0, 0.05) is 12.5 Å². The van der Waals surface area contributed by atoms with Gasteiger partial charge in [-0.3, -0.25) is 0 Å². The Hall–Kier alpha value is -0.990. The monoisotopic (exact) mass is 181 g/mol. The average molecular weight is 181 g/mol. The number of hydrogen-bond donors (Lipinski definition) is 1. The van der Waals surface area contributed by atoms with Crippen molar-refractivity contribution in [2.75, 3.05) is 5.73 Å². The molecule has 0 spiro atoms. The number of aromatic nitrogens is 2. The lowest BCUT2D eigenvalue weighted by atomic mass is 10.1. The fourth-order valence-corrected chi connectivity index (χ4v) is 1.56. The van der Waals surface area contributed by atoms with E-state index in [1.807, 2.05) is 6.92 Å². The van der Waals surface area contributed by atoms with Crippen molar-refractivity contribution in [2.24, 2.45) is 0 Å². The second-order valence-corrected chi connectivity index (χ2v) is 3.48. The summed E-state index contributed by atoms with van der Waals surface area (Å²) in [5.41, 5.74) is 7.05. The van der Waals surface area contributed by atoms with E-state index in [0.29, 0.717) is 5.92 Å². The molecule has 1 rings (SSSR count). The van der Waals surface area contributed by atoms with Crippen LogP contribution in [0.3, 0.4) is 0 Å². The van der Waals surface area contributed by atoms with Crippen molar-refractivity contribution in [3.8, 4) is 0 Å². The Balaban J connectivity index is 3.10. The summed E-state index contributed by atoms with van der Waals surface area (Å²) >= 11 is 0. The Morgan fingerprint density at radius 2 is 2.08 bits per heavy atom. The van der Waals surface area contributed by atoms with Gasteiger partial charge in [0.25, 0.3) is 0 Å². The third-order valence-electron chi connectivity index (χ3n) is 2.62. The fourth-order valence-electron chi connectivity index (χ4n) is 1.56. The van der Waals surface area contributed by atoms with Crippen molar-refractivity contribution >= 4 is 5.82 Å². The van der Waals surface area contributed by atoms with E-state index < -0.39 is 0 Å². The van der Waals surface area contributed by atoms with Crippen LogP contribution < -0.4 is 5.73 Å². The van der Waals surface area contributed by atoms with Gasteiger partial charge in [0.05, 0.1) is 5.69 Å². The molecule has 0 amide bonds. The van der Waals surface area contributed by atoms with Crippen LogP contribution in [0.1, 0.15) is 44.6 Å². The summed E-state index contributed by atoms with van der Waals surface area (Å²) in [6.45, 7) is 9.32.